The van der Waals surface area contributed by atoms with Crippen LogP contribution in [-0.4, -0.2) is 15.3 Å². The standard InChI is InChI=1S/C11H14N2O/c1-13-6-5-12-11(13)8-9-3-2-4-10(14)7-9/h5-7H,2-4,8H2,1H3. The highest BCUT2D eigenvalue weighted by Gasteiger charge is 2.11. The third kappa shape index (κ3) is 1.92. The molecular weight excluding hydrogens is 176 g/mol. The number of carbonyl (C=O) groups excluding carboxylic acids is 1. The molecular formula is C11H14N2O. The van der Waals surface area contributed by atoms with Gasteiger partial charge in [0.25, 0.3) is 0 Å². The predicted octanol–water partition coefficient (Wildman–Crippen LogP) is 1.64. The Kier molecular flexibility index (Phi) is 2.48. The van der Waals surface area contributed by atoms with Gasteiger partial charge in [-0.05, 0) is 18.9 Å². The van der Waals surface area contributed by atoms with E-state index in [0.717, 1.165) is 25.1 Å². The van der Waals surface area contributed by atoms with Gasteiger partial charge in [0.15, 0.2) is 5.78 Å². The normalized spacial score (nSPS) is 16.9. The maximum absolute atomic E-state index is 11.2. The Morgan fingerprint density at radius 1 is 1.50 bits per heavy atom. The molecule has 3 nitrogen and oxygen atoms in total. The zero-order valence-electron chi connectivity index (χ0n) is 8.36. The van der Waals surface area contributed by atoms with Gasteiger partial charge in [0, 0.05) is 32.3 Å². The molecule has 0 aliphatic heterocycles. The van der Waals surface area contributed by atoms with Gasteiger partial charge >= 0.3 is 0 Å². The van der Waals surface area contributed by atoms with Gasteiger partial charge in [-0.15, -0.1) is 0 Å². The summed E-state index contributed by atoms with van der Waals surface area (Å²) in [7, 11) is 1.98. The van der Waals surface area contributed by atoms with Gasteiger partial charge in [0.2, 0.25) is 0 Å². The minimum atomic E-state index is 0.264. The lowest BCUT2D eigenvalue weighted by Gasteiger charge is -2.11. The molecule has 0 fully saturated rings. The fraction of sp³-hybridized carbons (Fsp3) is 0.455. The largest absolute Gasteiger partial charge is 0.338 e. The van der Waals surface area contributed by atoms with Crippen LogP contribution in [0.25, 0.3) is 0 Å². The summed E-state index contributed by atoms with van der Waals surface area (Å²) in [4.78, 5) is 15.4. The van der Waals surface area contributed by atoms with Gasteiger partial charge in [0.1, 0.15) is 5.82 Å². The topological polar surface area (TPSA) is 34.9 Å². The van der Waals surface area contributed by atoms with Crippen molar-refractivity contribution in [2.24, 2.45) is 7.05 Å². The molecule has 0 spiro atoms. The fourth-order valence-corrected chi connectivity index (χ4v) is 1.77. The molecule has 0 unspecified atom stereocenters. The Bertz CT molecular complexity index is 376. The van der Waals surface area contributed by atoms with Crippen molar-refractivity contribution >= 4 is 5.78 Å². The number of nitrogens with zero attached hydrogens (tertiary/aromatic N) is 2. The van der Waals surface area contributed by atoms with Crippen LogP contribution in [0.4, 0.5) is 0 Å². The Labute approximate surface area is 83.5 Å². The molecule has 2 rings (SSSR count). The van der Waals surface area contributed by atoms with Gasteiger partial charge in [-0.1, -0.05) is 5.57 Å². The SMILES string of the molecule is Cn1ccnc1CC1=CC(=O)CCC1. The summed E-state index contributed by atoms with van der Waals surface area (Å²) in [6.07, 6.45) is 9.08. The van der Waals surface area contributed by atoms with Crippen LogP contribution in [0.5, 0.6) is 0 Å². The lowest BCUT2D eigenvalue weighted by atomic mass is 9.96. The summed E-state index contributed by atoms with van der Waals surface area (Å²) >= 11 is 0. The van der Waals surface area contributed by atoms with Crippen molar-refractivity contribution in [3.8, 4) is 0 Å². The third-order valence-corrected chi connectivity index (χ3v) is 2.59. The quantitative estimate of drug-likeness (QED) is 0.710. The van der Waals surface area contributed by atoms with E-state index in [0.29, 0.717) is 6.42 Å². The minimum absolute atomic E-state index is 0.264. The highest BCUT2D eigenvalue weighted by atomic mass is 16.1. The first-order valence-corrected chi connectivity index (χ1v) is 4.94. The third-order valence-electron chi connectivity index (χ3n) is 2.59. The van der Waals surface area contributed by atoms with E-state index in [1.807, 2.05) is 17.8 Å². The number of carbonyl (C=O) groups is 1. The van der Waals surface area contributed by atoms with Crippen LogP contribution >= 0.6 is 0 Å². The van der Waals surface area contributed by atoms with Crippen LogP contribution in [0.1, 0.15) is 25.1 Å². The van der Waals surface area contributed by atoms with Crippen molar-refractivity contribution in [1.29, 1.82) is 0 Å². The van der Waals surface area contributed by atoms with Gasteiger partial charge < -0.3 is 4.57 Å². The van der Waals surface area contributed by atoms with Crippen molar-refractivity contribution in [2.75, 3.05) is 0 Å². The van der Waals surface area contributed by atoms with Gasteiger partial charge in [-0.25, -0.2) is 4.98 Å². The first-order valence-electron chi connectivity index (χ1n) is 4.94. The van der Waals surface area contributed by atoms with Crippen molar-refractivity contribution in [3.63, 3.8) is 0 Å². The Hall–Kier alpha value is -1.38. The van der Waals surface area contributed by atoms with Crippen LogP contribution < -0.4 is 0 Å². The van der Waals surface area contributed by atoms with Gasteiger partial charge in [-0.3, -0.25) is 4.79 Å². The zero-order chi connectivity index (χ0) is 9.97. The molecule has 0 amide bonds. The van der Waals surface area contributed by atoms with Gasteiger partial charge in [0.05, 0.1) is 0 Å². The molecule has 0 atom stereocenters. The minimum Gasteiger partial charge on any atom is -0.338 e. The molecule has 1 aromatic heterocycles. The molecule has 74 valence electrons. The second kappa shape index (κ2) is 3.78. The number of aromatic nitrogens is 2. The molecule has 1 aliphatic rings. The lowest BCUT2D eigenvalue weighted by Crippen LogP contribution is -2.07. The fourth-order valence-electron chi connectivity index (χ4n) is 1.77. The molecule has 14 heavy (non-hydrogen) atoms. The molecule has 3 heteroatoms. The van der Waals surface area contributed by atoms with Crippen LogP contribution in [0, 0.1) is 0 Å². The summed E-state index contributed by atoms with van der Waals surface area (Å²) in [6.45, 7) is 0. The average Bonchev–Trinajstić information content (AvgIpc) is 2.52. The molecule has 1 aliphatic carbocycles. The number of imidazole rings is 1. The van der Waals surface area contributed by atoms with E-state index in [9.17, 15) is 4.79 Å². The molecule has 0 bridgehead atoms. The molecule has 1 aromatic rings. The lowest BCUT2D eigenvalue weighted by molar-refractivity contribution is -0.115. The zero-order valence-corrected chi connectivity index (χ0v) is 8.36. The Morgan fingerprint density at radius 2 is 2.36 bits per heavy atom. The molecule has 0 saturated carbocycles. The molecule has 1 heterocycles. The monoisotopic (exact) mass is 190 g/mol. The number of rotatable bonds is 2. The molecule has 0 N–H and O–H groups in total. The Balaban J connectivity index is 2.11. The second-order valence-electron chi connectivity index (χ2n) is 3.75. The summed E-state index contributed by atoms with van der Waals surface area (Å²) in [5.74, 6) is 1.30. The summed E-state index contributed by atoms with van der Waals surface area (Å²) in [5.41, 5.74) is 1.22. The Morgan fingerprint density at radius 3 is 3.00 bits per heavy atom. The van der Waals surface area contributed by atoms with E-state index >= 15 is 0 Å². The van der Waals surface area contributed by atoms with E-state index in [2.05, 4.69) is 4.98 Å². The van der Waals surface area contributed by atoms with Crippen molar-refractivity contribution in [2.45, 2.75) is 25.7 Å². The van der Waals surface area contributed by atoms with Crippen LogP contribution in [-0.2, 0) is 18.3 Å². The molecule has 0 aromatic carbocycles. The summed E-state index contributed by atoms with van der Waals surface area (Å²) < 4.78 is 2.00. The van der Waals surface area contributed by atoms with E-state index in [4.69, 9.17) is 0 Å². The number of hydrogen-bond acceptors (Lipinski definition) is 2. The first kappa shape index (κ1) is 9.19. The van der Waals surface area contributed by atoms with E-state index in [1.54, 1.807) is 12.3 Å². The number of ketones is 1. The predicted molar refractivity (Wildman–Crippen MR) is 53.9 cm³/mol. The van der Waals surface area contributed by atoms with Crippen LogP contribution in [0.3, 0.4) is 0 Å². The smallest absolute Gasteiger partial charge is 0.155 e. The number of allylic oxidation sites excluding steroid dienone is 2. The second-order valence-corrected chi connectivity index (χ2v) is 3.75. The molecule has 0 saturated heterocycles. The van der Waals surface area contributed by atoms with E-state index < -0.39 is 0 Å². The number of hydrogen-bond donors (Lipinski definition) is 0. The van der Waals surface area contributed by atoms with Crippen LogP contribution in [0.15, 0.2) is 24.0 Å². The van der Waals surface area contributed by atoms with Crippen molar-refractivity contribution in [1.82, 2.24) is 9.55 Å². The van der Waals surface area contributed by atoms with Crippen molar-refractivity contribution in [3.05, 3.63) is 29.9 Å². The van der Waals surface area contributed by atoms with Gasteiger partial charge in [-0.2, -0.15) is 0 Å². The number of aryl methyl sites for hydroxylation is 1. The van der Waals surface area contributed by atoms with E-state index in [1.165, 1.54) is 5.57 Å². The highest BCUT2D eigenvalue weighted by molar-refractivity contribution is 5.91. The first-order chi connectivity index (χ1) is 6.75. The van der Waals surface area contributed by atoms with Crippen LogP contribution in [0.2, 0.25) is 0 Å². The maximum Gasteiger partial charge on any atom is 0.155 e. The average molecular weight is 190 g/mol. The van der Waals surface area contributed by atoms with E-state index in [-0.39, 0.29) is 5.78 Å². The maximum atomic E-state index is 11.2. The highest BCUT2D eigenvalue weighted by Crippen LogP contribution is 2.18. The molecule has 0 radical (unpaired) electrons. The summed E-state index contributed by atoms with van der Waals surface area (Å²) in [6, 6.07) is 0. The summed E-state index contributed by atoms with van der Waals surface area (Å²) in [5, 5.41) is 0. The van der Waals surface area contributed by atoms with Crippen molar-refractivity contribution < 1.29 is 4.79 Å².